The predicted octanol–water partition coefficient (Wildman–Crippen LogP) is 3.47. The van der Waals surface area contributed by atoms with Crippen LogP contribution in [0.15, 0.2) is 18.2 Å². The molecule has 0 saturated carbocycles. The molecule has 1 aromatic carbocycles. The normalized spacial score (nSPS) is 11.5. The van der Waals surface area contributed by atoms with Crippen LogP contribution in [0, 0.1) is 6.92 Å². The van der Waals surface area contributed by atoms with Crippen LogP contribution in [0.4, 0.5) is 5.13 Å². The first-order valence-electron chi connectivity index (χ1n) is 7.04. The number of nitrogens with zero attached hydrogens (tertiary/aromatic N) is 4. The minimum absolute atomic E-state index is 0.357. The zero-order valence-electron chi connectivity index (χ0n) is 12.7. The lowest BCUT2D eigenvalue weighted by molar-refractivity contribution is 0.796. The van der Waals surface area contributed by atoms with E-state index in [9.17, 15) is 0 Å². The number of nitrogens with one attached hydrogen (secondary N) is 1. The van der Waals surface area contributed by atoms with Crippen molar-refractivity contribution in [2.75, 3.05) is 5.32 Å². The van der Waals surface area contributed by atoms with Crippen molar-refractivity contribution in [2.24, 2.45) is 7.05 Å². The minimum atomic E-state index is 0.357. The molecule has 0 unspecified atom stereocenters. The van der Waals surface area contributed by atoms with Gasteiger partial charge in [0.25, 0.3) is 0 Å². The van der Waals surface area contributed by atoms with Gasteiger partial charge in [0, 0.05) is 24.5 Å². The average Bonchev–Trinajstić information content (AvgIpc) is 3.02. The summed E-state index contributed by atoms with van der Waals surface area (Å²) < 4.78 is 6.46. The molecule has 0 atom stereocenters. The van der Waals surface area contributed by atoms with E-state index in [4.69, 9.17) is 0 Å². The maximum absolute atomic E-state index is 4.69. The Labute approximate surface area is 128 Å². The van der Waals surface area contributed by atoms with E-state index in [2.05, 4.69) is 63.2 Å². The van der Waals surface area contributed by atoms with Gasteiger partial charge >= 0.3 is 0 Å². The third-order valence-corrected chi connectivity index (χ3v) is 4.17. The Morgan fingerprint density at radius 1 is 1.29 bits per heavy atom. The molecule has 0 radical (unpaired) electrons. The molecule has 110 valence electrons. The molecule has 0 aliphatic carbocycles. The molecule has 21 heavy (non-hydrogen) atoms. The van der Waals surface area contributed by atoms with Gasteiger partial charge in [-0.15, -0.1) is 0 Å². The van der Waals surface area contributed by atoms with Gasteiger partial charge in [0.15, 0.2) is 0 Å². The summed E-state index contributed by atoms with van der Waals surface area (Å²) in [4.78, 5) is 9.17. The van der Waals surface area contributed by atoms with Crippen LogP contribution in [0.5, 0.6) is 0 Å². The molecule has 3 aromatic rings. The van der Waals surface area contributed by atoms with Gasteiger partial charge in [-0.25, -0.2) is 9.97 Å². The molecule has 0 aliphatic heterocycles. The topological polar surface area (TPSA) is 55.6 Å². The van der Waals surface area contributed by atoms with E-state index in [1.165, 1.54) is 17.1 Å². The first-order valence-corrected chi connectivity index (χ1v) is 7.81. The zero-order valence-corrected chi connectivity index (χ0v) is 13.5. The van der Waals surface area contributed by atoms with Crippen LogP contribution in [-0.4, -0.2) is 18.9 Å². The van der Waals surface area contributed by atoms with Crippen molar-refractivity contribution in [1.29, 1.82) is 0 Å². The van der Waals surface area contributed by atoms with Crippen LogP contribution >= 0.6 is 11.5 Å². The van der Waals surface area contributed by atoms with Crippen molar-refractivity contribution < 1.29 is 0 Å². The molecular weight excluding hydrogens is 282 g/mol. The van der Waals surface area contributed by atoms with Gasteiger partial charge in [-0.05, 0) is 24.6 Å². The Morgan fingerprint density at radius 2 is 2.10 bits per heavy atom. The fourth-order valence-corrected chi connectivity index (χ4v) is 2.92. The quantitative estimate of drug-likeness (QED) is 0.801. The maximum atomic E-state index is 4.69. The van der Waals surface area contributed by atoms with Crippen LogP contribution in [0.2, 0.25) is 0 Å². The molecule has 6 heteroatoms. The summed E-state index contributed by atoms with van der Waals surface area (Å²) in [5.74, 6) is 2.25. The van der Waals surface area contributed by atoms with Crippen molar-refractivity contribution >= 4 is 27.7 Å². The summed E-state index contributed by atoms with van der Waals surface area (Å²) in [6.45, 7) is 6.93. The number of benzene rings is 1. The van der Waals surface area contributed by atoms with Gasteiger partial charge in [0.05, 0.1) is 17.6 Å². The van der Waals surface area contributed by atoms with Crippen LogP contribution in [-0.2, 0) is 13.6 Å². The number of rotatable bonds is 4. The van der Waals surface area contributed by atoms with Crippen molar-refractivity contribution in [1.82, 2.24) is 18.9 Å². The molecular formula is C15H19N5S. The summed E-state index contributed by atoms with van der Waals surface area (Å²) in [6.07, 6.45) is 0. The molecule has 0 spiro atoms. The fourth-order valence-electron chi connectivity index (χ4n) is 2.21. The predicted molar refractivity (Wildman–Crippen MR) is 86.8 cm³/mol. The smallest absolute Gasteiger partial charge is 0.202 e. The van der Waals surface area contributed by atoms with Gasteiger partial charge in [-0.3, -0.25) is 0 Å². The first-order chi connectivity index (χ1) is 10.0. The van der Waals surface area contributed by atoms with E-state index in [-0.39, 0.29) is 0 Å². The second-order valence-corrected chi connectivity index (χ2v) is 6.30. The molecule has 5 nitrogen and oxygen atoms in total. The molecule has 2 aromatic heterocycles. The van der Waals surface area contributed by atoms with Gasteiger partial charge in [0.2, 0.25) is 5.13 Å². The van der Waals surface area contributed by atoms with Gasteiger partial charge in [0.1, 0.15) is 11.6 Å². The third kappa shape index (κ3) is 2.76. The minimum Gasteiger partial charge on any atom is -0.353 e. The van der Waals surface area contributed by atoms with E-state index in [1.807, 2.05) is 7.05 Å². The summed E-state index contributed by atoms with van der Waals surface area (Å²) in [5, 5.41) is 4.16. The number of hydrogen-bond acceptors (Lipinski definition) is 5. The van der Waals surface area contributed by atoms with Crippen molar-refractivity contribution in [3.63, 3.8) is 0 Å². The largest absolute Gasteiger partial charge is 0.353 e. The van der Waals surface area contributed by atoms with E-state index in [1.54, 1.807) is 0 Å². The van der Waals surface area contributed by atoms with Crippen LogP contribution < -0.4 is 5.32 Å². The van der Waals surface area contributed by atoms with Crippen molar-refractivity contribution in [3.05, 3.63) is 35.4 Å². The van der Waals surface area contributed by atoms with Crippen LogP contribution in [0.3, 0.4) is 0 Å². The van der Waals surface area contributed by atoms with Crippen molar-refractivity contribution in [3.8, 4) is 0 Å². The molecule has 0 aliphatic rings. The standard InChI is InChI=1S/C15H19N5S/c1-9(2)14-18-15(21-19-14)16-8-13-17-11-7-10(3)5-6-12(11)20(13)4/h5-7,9H,8H2,1-4H3,(H,16,18,19). The van der Waals surface area contributed by atoms with E-state index in [0.29, 0.717) is 12.5 Å². The highest BCUT2D eigenvalue weighted by Crippen LogP contribution is 2.20. The number of imidazole rings is 1. The summed E-state index contributed by atoms with van der Waals surface area (Å²) in [7, 11) is 2.04. The number of hydrogen-bond donors (Lipinski definition) is 1. The summed E-state index contributed by atoms with van der Waals surface area (Å²) in [6, 6.07) is 6.34. The lowest BCUT2D eigenvalue weighted by atomic mass is 10.2. The Kier molecular flexibility index (Phi) is 3.63. The van der Waals surface area contributed by atoms with Crippen molar-refractivity contribution in [2.45, 2.75) is 33.2 Å². The molecule has 0 amide bonds. The van der Waals surface area contributed by atoms with E-state index < -0.39 is 0 Å². The molecule has 0 fully saturated rings. The molecule has 0 saturated heterocycles. The Morgan fingerprint density at radius 3 is 2.81 bits per heavy atom. The monoisotopic (exact) mass is 301 g/mol. The van der Waals surface area contributed by atoms with E-state index in [0.717, 1.165) is 27.8 Å². The number of anilines is 1. The molecule has 3 rings (SSSR count). The fraction of sp³-hybridized carbons (Fsp3) is 0.400. The first kappa shape index (κ1) is 14.0. The highest BCUT2D eigenvalue weighted by molar-refractivity contribution is 7.09. The zero-order chi connectivity index (χ0) is 15.0. The average molecular weight is 301 g/mol. The van der Waals surface area contributed by atoms with Gasteiger partial charge in [-0.2, -0.15) is 4.37 Å². The SMILES string of the molecule is Cc1ccc2c(c1)nc(CNc1nc(C(C)C)ns1)n2C. The molecule has 0 bridgehead atoms. The summed E-state index contributed by atoms with van der Waals surface area (Å²) >= 11 is 1.40. The maximum Gasteiger partial charge on any atom is 0.202 e. The Balaban J connectivity index is 1.79. The number of aryl methyl sites for hydroxylation is 2. The Bertz CT molecular complexity index is 772. The third-order valence-electron chi connectivity index (χ3n) is 3.48. The molecule has 2 heterocycles. The van der Waals surface area contributed by atoms with E-state index >= 15 is 0 Å². The van der Waals surface area contributed by atoms with Crippen LogP contribution in [0.25, 0.3) is 11.0 Å². The highest BCUT2D eigenvalue weighted by atomic mass is 32.1. The number of aromatic nitrogens is 4. The highest BCUT2D eigenvalue weighted by Gasteiger charge is 2.10. The van der Waals surface area contributed by atoms with Crippen LogP contribution in [0.1, 0.15) is 37.0 Å². The van der Waals surface area contributed by atoms with Gasteiger partial charge < -0.3 is 9.88 Å². The lowest BCUT2D eigenvalue weighted by Crippen LogP contribution is -2.05. The lowest BCUT2D eigenvalue weighted by Gasteiger charge is -2.03. The number of fused-ring (bicyclic) bond motifs is 1. The second kappa shape index (κ2) is 5.44. The van der Waals surface area contributed by atoms with Gasteiger partial charge in [-0.1, -0.05) is 19.9 Å². The Hall–Kier alpha value is -1.95. The summed E-state index contributed by atoms with van der Waals surface area (Å²) in [5.41, 5.74) is 3.41. The second-order valence-electron chi connectivity index (χ2n) is 5.55. The molecule has 1 N–H and O–H groups in total.